The summed E-state index contributed by atoms with van der Waals surface area (Å²) in [6, 6.07) is 3.29. The van der Waals surface area contributed by atoms with Gasteiger partial charge in [0.15, 0.2) is 0 Å². The van der Waals surface area contributed by atoms with Crippen LogP contribution in [0.5, 0.6) is 0 Å². The van der Waals surface area contributed by atoms with E-state index in [1.54, 1.807) is 12.1 Å². The van der Waals surface area contributed by atoms with E-state index < -0.39 is 5.91 Å². The molecule has 0 radical (unpaired) electrons. The van der Waals surface area contributed by atoms with Crippen molar-refractivity contribution in [2.75, 3.05) is 0 Å². The molecule has 0 saturated carbocycles. The predicted molar refractivity (Wildman–Crippen MR) is 38.2 cm³/mol. The molecule has 11 heavy (non-hydrogen) atoms. The molecule has 4 nitrogen and oxygen atoms in total. The summed E-state index contributed by atoms with van der Waals surface area (Å²) in [5.74, 6) is -0.544. The Balaban J connectivity index is 2.90. The molecule has 0 aliphatic heterocycles. The zero-order valence-electron chi connectivity index (χ0n) is 6.03. The number of nitrogens with zero attached hydrogens (tertiary/aromatic N) is 1. The molecule has 0 spiro atoms. The largest absolute Gasteiger partial charge is 0.288 e. The monoisotopic (exact) mass is 152 g/mol. The van der Waals surface area contributed by atoms with Crippen molar-refractivity contribution in [3.63, 3.8) is 0 Å². The number of amides is 1. The number of rotatable bonds is 1. The maximum absolute atomic E-state index is 10.7. The highest BCUT2D eigenvalue weighted by molar-refractivity contribution is 5.92. The summed E-state index contributed by atoms with van der Waals surface area (Å²) in [6.07, 6.45) is 1.40. The fourth-order valence-electron chi connectivity index (χ4n) is 0.667. The molecule has 1 aromatic rings. The Morgan fingerprint density at radius 2 is 2.36 bits per heavy atom. The van der Waals surface area contributed by atoms with Gasteiger partial charge < -0.3 is 0 Å². The third-order valence-electron chi connectivity index (χ3n) is 1.28. The summed E-state index contributed by atoms with van der Waals surface area (Å²) in [4.78, 5) is 14.6. The van der Waals surface area contributed by atoms with Crippen molar-refractivity contribution >= 4 is 5.91 Å². The van der Waals surface area contributed by atoms with Gasteiger partial charge in [-0.05, 0) is 19.1 Å². The number of aromatic nitrogens is 1. The van der Waals surface area contributed by atoms with Gasteiger partial charge in [-0.3, -0.25) is 15.0 Å². The lowest BCUT2D eigenvalue weighted by Crippen LogP contribution is -2.18. The summed E-state index contributed by atoms with van der Waals surface area (Å²) in [6.45, 7) is 1.82. The second-order valence-corrected chi connectivity index (χ2v) is 2.13. The van der Waals surface area contributed by atoms with Gasteiger partial charge in [-0.25, -0.2) is 5.48 Å². The van der Waals surface area contributed by atoms with Gasteiger partial charge in [0, 0.05) is 11.9 Å². The smallest absolute Gasteiger partial charge is 0.276 e. The maximum atomic E-state index is 10.7. The molecule has 58 valence electrons. The third-order valence-corrected chi connectivity index (χ3v) is 1.28. The Morgan fingerprint density at radius 3 is 2.82 bits per heavy atom. The van der Waals surface area contributed by atoms with E-state index >= 15 is 0 Å². The van der Waals surface area contributed by atoms with E-state index in [-0.39, 0.29) is 0 Å². The molecule has 0 fully saturated rings. The Morgan fingerprint density at radius 1 is 1.64 bits per heavy atom. The molecule has 0 aliphatic rings. The normalized spacial score (nSPS) is 9.27. The van der Waals surface area contributed by atoms with Crippen LogP contribution >= 0.6 is 0 Å². The van der Waals surface area contributed by atoms with Crippen LogP contribution in [0.1, 0.15) is 16.1 Å². The average Bonchev–Trinajstić information content (AvgIpc) is 2.05. The second-order valence-electron chi connectivity index (χ2n) is 2.13. The highest BCUT2D eigenvalue weighted by Crippen LogP contribution is 1.97. The summed E-state index contributed by atoms with van der Waals surface area (Å²) in [7, 11) is 0. The Kier molecular flexibility index (Phi) is 2.18. The number of hydrogen-bond donors (Lipinski definition) is 2. The van der Waals surface area contributed by atoms with E-state index in [2.05, 4.69) is 4.98 Å². The van der Waals surface area contributed by atoms with Gasteiger partial charge >= 0.3 is 0 Å². The van der Waals surface area contributed by atoms with E-state index in [1.165, 1.54) is 11.7 Å². The summed E-state index contributed by atoms with van der Waals surface area (Å²) in [5, 5.41) is 8.23. The fourth-order valence-corrected chi connectivity index (χ4v) is 0.667. The van der Waals surface area contributed by atoms with Crippen LogP contribution in [0.15, 0.2) is 18.3 Å². The summed E-state index contributed by atoms with van der Waals surface area (Å²) >= 11 is 0. The van der Waals surface area contributed by atoms with Crippen molar-refractivity contribution < 1.29 is 10.0 Å². The van der Waals surface area contributed by atoms with E-state index in [4.69, 9.17) is 5.21 Å². The van der Waals surface area contributed by atoms with Crippen molar-refractivity contribution in [1.82, 2.24) is 10.5 Å². The van der Waals surface area contributed by atoms with Gasteiger partial charge in [0.25, 0.3) is 5.91 Å². The predicted octanol–water partition coefficient (Wildman–Crippen LogP) is 0.509. The lowest BCUT2D eigenvalue weighted by Gasteiger charge is -1.96. The minimum absolute atomic E-state index is 0.345. The molecule has 0 aromatic carbocycles. The number of hydroxylamine groups is 1. The van der Waals surface area contributed by atoms with Gasteiger partial charge in [-0.15, -0.1) is 0 Å². The van der Waals surface area contributed by atoms with E-state index in [0.717, 1.165) is 5.69 Å². The molecule has 4 heteroatoms. The number of aryl methyl sites for hydroxylation is 1. The van der Waals surface area contributed by atoms with Crippen LogP contribution in [0, 0.1) is 6.92 Å². The van der Waals surface area contributed by atoms with Crippen LogP contribution in [0.4, 0.5) is 0 Å². The van der Waals surface area contributed by atoms with Gasteiger partial charge in [-0.2, -0.15) is 0 Å². The third kappa shape index (κ3) is 1.75. The van der Waals surface area contributed by atoms with E-state index in [1.807, 2.05) is 6.92 Å². The number of nitrogens with one attached hydrogen (secondary N) is 1. The Bertz CT molecular complexity index is 256. The van der Waals surface area contributed by atoms with Crippen LogP contribution < -0.4 is 5.48 Å². The first-order valence-electron chi connectivity index (χ1n) is 3.11. The minimum Gasteiger partial charge on any atom is -0.288 e. The highest BCUT2D eigenvalue weighted by Gasteiger charge is 2.01. The van der Waals surface area contributed by atoms with Crippen LogP contribution in [0.3, 0.4) is 0 Å². The zero-order valence-corrected chi connectivity index (χ0v) is 6.03. The maximum Gasteiger partial charge on any atom is 0.276 e. The minimum atomic E-state index is -0.544. The molecular weight excluding hydrogens is 144 g/mol. The van der Waals surface area contributed by atoms with Crippen molar-refractivity contribution in [3.8, 4) is 0 Å². The zero-order chi connectivity index (χ0) is 8.27. The average molecular weight is 152 g/mol. The molecule has 0 atom stereocenters. The first kappa shape index (κ1) is 7.68. The van der Waals surface area contributed by atoms with Gasteiger partial charge in [0.1, 0.15) is 0 Å². The molecule has 0 aliphatic carbocycles. The molecular formula is C7H8N2O2. The lowest BCUT2D eigenvalue weighted by molar-refractivity contribution is 0.0706. The van der Waals surface area contributed by atoms with Gasteiger partial charge in [0.2, 0.25) is 0 Å². The molecule has 1 aromatic heterocycles. The van der Waals surface area contributed by atoms with Crippen LogP contribution in [0.2, 0.25) is 0 Å². The molecule has 1 amide bonds. The summed E-state index contributed by atoms with van der Waals surface area (Å²) in [5.41, 5.74) is 2.70. The van der Waals surface area contributed by atoms with Crippen LogP contribution in [-0.4, -0.2) is 16.1 Å². The number of hydrogen-bond acceptors (Lipinski definition) is 3. The molecule has 1 rings (SSSR count). The van der Waals surface area contributed by atoms with Crippen LogP contribution in [0.25, 0.3) is 0 Å². The first-order valence-corrected chi connectivity index (χ1v) is 3.11. The van der Waals surface area contributed by atoms with Crippen molar-refractivity contribution in [2.45, 2.75) is 6.92 Å². The fraction of sp³-hybridized carbons (Fsp3) is 0.143. The number of carbonyl (C=O) groups excluding carboxylic acids is 1. The van der Waals surface area contributed by atoms with E-state index in [9.17, 15) is 4.79 Å². The molecule has 0 bridgehead atoms. The standard InChI is InChI=1S/C7H8N2O2/c1-5-2-3-6(4-8-5)7(10)9-11/h2-4,11H,1H3,(H,9,10). The molecule has 0 saturated heterocycles. The Hall–Kier alpha value is -1.42. The van der Waals surface area contributed by atoms with Crippen molar-refractivity contribution in [3.05, 3.63) is 29.6 Å². The lowest BCUT2D eigenvalue weighted by atomic mass is 10.2. The van der Waals surface area contributed by atoms with Crippen LogP contribution in [-0.2, 0) is 0 Å². The highest BCUT2D eigenvalue weighted by atomic mass is 16.5. The van der Waals surface area contributed by atoms with Crippen molar-refractivity contribution in [2.24, 2.45) is 0 Å². The number of pyridine rings is 1. The Labute approximate surface area is 63.8 Å². The quantitative estimate of drug-likeness (QED) is 0.455. The van der Waals surface area contributed by atoms with Crippen molar-refractivity contribution in [1.29, 1.82) is 0 Å². The summed E-state index contributed by atoms with van der Waals surface area (Å²) < 4.78 is 0. The topological polar surface area (TPSA) is 62.2 Å². The molecule has 1 heterocycles. The van der Waals surface area contributed by atoms with Gasteiger partial charge in [0.05, 0.1) is 5.56 Å². The second kappa shape index (κ2) is 3.12. The van der Waals surface area contributed by atoms with E-state index in [0.29, 0.717) is 5.56 Å². The molecule has 2 N–H and O–H groups in total. The SMILES string of the molecule is Cc1ccc(C(=O)NO)cn1. The first-order chi connectivity index (χ1) is 5.24. The molecule has 0 unspecified atom stereocenters. The number of carbonyl (C=O) groups is 1. The van der Waals surface area contributed by atoms with Gasteiger partial charge in [-0.1, -0.05) is 0 Å².